The second-order valence-electron chi connectivity index (χ2n) is 5.43. The Morgan fingerprint density at radius 1 is 1.00 bits per heavy atom. The monoisotopic (exact) mass is 319 g/mol. The number of nitrogens with zero attached hydrogens (tertiary/aromatic N) is 2. The third-order valence-corrected chi connectivity index (χ3v) is 4.35. The standard InChI is InChI=1S/C15H29N3O2.ClH/c1-5-17(6-2)13(19)11-15(9-10-16-12-15)14(20)18(7-3)8-4;/h16H,5-12H2,1-4H3;1H. The van der Waals surface area contributed by atoms with Crippen molar-refractivity contribution in [3.63, 3.8) is 0 Å². The molecule has 0 spiro atoms. The molecule has 1 atom stereocenters. The molecule has 0 radical (unpaired) electrons. The van der Waals surface area contributed by atoms with Gasteiger partial charge in [0.25, 0.3) is 0 Å². The van der Waals surface area contributed by atoms with Crippen molar-refractivity contribution in [2.75, 3.05) is 39.3 Å². The van der Waals surface area contributed by atoms with Crippen LogP contribution >= 0.6 is 12.4 Å². The number of halogens is 1. The van der Waals surface area contributed by atoms with Crippen molar-refractivity contribution in [2.45, 2.75) is 40.5 Å². The highest BCUT2D eigenvalue weighted by Crippen LogP contribution is 2.33. The Kier molecular flexibility index (Phi) is 8.90. The fraction of sp³-hybridized carbons (Fsp3) is 0.867. The highest BCUT2D eigenvalue weighted by atomic mass is 35.5. The molecule has 0 aromatic heterocycles. The van der Waals surface area contributed by atoms with Gasteiger partial charge in [-0.05, 0) is 40.7 Å². The molecule has 5 nitrogen and oxygen atoms in total. The van der Waals surface area contributed by atoms with E-state index >= 15 is 0 Å². The van der Waals surface area contributed by atoms with Gasteiger partial charge in [-0.2, -0.15) is 0 Å². The second kappa shape index (κ2) is 9.26. The summed E-state index contributed by atoms with van der Waals surface area (Å²) in [4.78, 5) is 28.8. The summed E-state index contributed by atoms with van der Waals surface area (Å²) in [6.07, 6.45) is 1.09. The van der Waals surface area contributed by atoms with Crippen LogP contribution < -0.4 is 5.32 Å². The van der Waals surface area contributed by atoms with E-state index in [1.54, 1.807) is 0 Å². The Labute approximate surface area is 134 Å². The lowest BCUT2D eigenvalue weighted by atomic mass is 9.81. The van der Waals surface area contributed by atoms with Gasteiger partial charge in [-0.3, -0.25) is 9.59 Å². The molecule has 6 heteroatoms. The minimum Gasteiger partial charge on any atom is -0.343 e. The molecule has 21 heavy (non-hydrogen) atoms. The van der Waals surface area contributed by atoms with Gasteiger partial charge < -0.3 is 15.1 Å². The average Bonchev–Trinajstić information content (AvgIpc) is 2.91. The maximum absolute atomic E-state index is 12.8. The molecule has 1 N–H and O–H groups in total. The van der Waals surface area contributed by atoms with Crippen molar-refractivity contribution >= 4 is 24.2 Å². The first-order chi connectivity index (χ1) is 9.54. The van der Waals surface area contributed by atoms with Crippen LogP contribution in [0.2, 0.25) is 0 Å². The van der Waals surface area contributed by atoms with Gasteiger partial charge in [0.15, 0.2) is 0 Å². The number of carbonyl (C=O) groups is 2. The Morgan fingerprint density at radius 3 is 1.90 bits per heavy atom. The van der Waals surface area contributed by atoms with Crippen molar-refractivity contribution in [2.24, 2.45) is 5.41 Å². The van der Waals surface area contributed by atoms with Crippen LogP contribution in [0.3, 0.4) is 0 Å². The van der Waals surface area contributed by atoms with E-state index in [4.69, 9.17) is 0 Å². The summed E-state index contributed by atoms with van der Waals surface area (Å²) in [7, 11) is 0. The van der Waals surface area contributed by atoms with Crippen molar-refractivity contribution in [3.05, 3.63) is 0 Å². The van der Waals surface area contributed by atoms with Crippen molar-refractivity contribution in [3.8, 4) is 0 Å². The number of hydrogen-bond acceptors (Lipinski definition) is 3. The zero-order chi connectivity index (χ0) is 15.2. The van der Waals surface area contributed by atoms with Crippen molar-refractivity contribution in [1.29, 1.82) is 0 Å². The number of rotatable bonds is 7. The first-order valence-corrected chi connectivity index (χ1v) is 7.82. The smallest absolute Gasteiger partial charge is 0.230 e. The molecule has 0 aliphatic carbocycles. The molecule has 1 heterocycles. The summed E-state index contributed by atoms with van der Waals surface area (Å²) >= 11 is 0. The second-order valence-corrected chi connectivity index (χ2v) is 5.43. The molecule has 1 aliphatic rings. The Balaban J connectivity index is 0.00000400. The fourth-order valence-electron chi connectivity index (χ4n) is 2.98. The third-order valence-electron chi connectivity index (χ3n) is 4.35. The number of carbonyl (C=O) groups excluding carboxylic acids is 2. The first kappa shape index (κ1) is 20.2. The van der Waals surface area contributed by atoms with E-state index in [-0.39, 0.29) is 24.2 Å². The van der Waals surface area contributed by atoms with Gasteiger partial charge >= 0.3 is 0 Å². The zero-order valence-electron chi connectivity index (χ0n) is 13.8. The summed E-state index contributed by atoms with van der Waals surface area (Å²) in [5.74, 6) is 0.229. The van der Waals surface area contributed by atoms with Crippen LogP contribution in [0.4, 0.5) is 0 Å². The van der Waals surface area contributed by atoms with E-state index in [0.29, 0.717) is 39.1 Å². The molecular weight excluding hydrogens is 290 g/mol. The van der Waals surface area contributed by atoms with E-state index < -0.39 is 5.41 Å². The first-order valence-electron chi connectivity index (χ1n) is 7.82. The number of nitrogens with one attached hydrogen (secondary N) is 1. The lowest BCUT2D eigenvalue weighted by Gasteiger charge is -2.34. The molecule has 1 saturated heterocycles. The summed E-state index contributed by atoms with van der Waals surface area (Å²) < 4.78 is 0. The maximum atomic E-state index is 12.8. The molecule has 1 rings (SSSR count). The quantitative estimate of drug-likeness (QED) is 0.774. The van der Waals surface area contributed by atoms with Crippen molar-refractivity contribution < 1.29 is 9.59 Å². The average molecular weight is 320 g/mol. The van der Waals surface area contributed by atoms with Crippen LogP contribution in [0.25, 0.3) is 0 Å². The van der Waals surface area contributed by atoms with Gasteiger partial charge in [-0.25, -0.2) is 0 Å². The largest absolute Gasteiger partial charge is 0.343 e. The van der Waals surface area contributed by atoms with Gasteiger partial charge in [-0.1, -0.05) is 0 Å². The van der Waals surface area contributed by atoms with Crippen LogP contribution in [0.1, 0.15) is 40.5 Å². The van der Waals surface area contributed by atoms with Crippen LogP contribution in [-0.2, 0) is 9.59 Å². The lowest BCUT2D eigenvalue weighted by Crippen LogP contribution is -2.48. The Morgan fingerprint density at radius 2 is 1.52 bits per heavy atom. The molecule has 1 aliphatic heterocycles. The highest BCUT2D eigenvalue weighted by molar-refractivity contribution is 5.89. The predicted octanol–water partition coefficient (Wildman–Crippen LogP) is 1.51. The fourth-order valence-corrected chi connectivity index (χ4v) is 2.98. The van der Waals surface area contributed by atoms with Gasteiger partial charge in [0.2, 0.25) is 11.8 Å². The van der Waals surface area contributed by atoms with Gasteiger partial charge in [0.1, 0.15) is 0 Å². The molecule has 0 aromatic rings. The minimum atomic E-state index is -0.536. The van der Waals surface area contributed by atoms with E-state index in [0.717, 1.165) is 13.0 Å². The predicted molar refractivity (Wildman–Crippen MR) is 87.6 cm³/mol. The molecular formula is C15H30ClN3O2. The topological polar surface area (TPSA) is 52.7 Å². The van der Waals surface area contributed by atoms with Gasteiger partial charge in [0.05, 0.1) is 5.41 Å². The lowest BCUT2D eigenvalue weighted by molar-refractivity contribution is -0.146. The van der Waals surface area contributed by atoms with Crippen LogP contribution in [0, 0.1) is 5.41 Å². The molecule has 124 valence electrons. The van der Waals surface area contributed by atoms with Gasteiger partial charge in [0, 0.05) is 39.1 Å². The highest BCUT2D eigenvalue weighted by Gasteiger charge is 2.45. The van der Waals surface area contributed by atoms with Crippen molar-refractivity contribution in [1.82, 2.24) is 15.1 Å². The summed E-state index contributed by atoms with van der Waals surface area (Å²) in [6, 6.07) is 0. The molecule has 0 aromatic carbocycles. The molecule has 2 amide bonds. The van der Waals surface area contributed by atoms with E-state index in [1.165, 1.54) is 0 Å². The van der Waals surface area contributed by atoms with E-state index in [2.05, 4.69) is 5.32 Å². The van der Waals surface area contributed by atoms with Gasteiger partial charge in [-0.15, -0.1) is 12.4 Å². The molecule has 1 fully saturated rings. The Bertz CT molecular complexity index is 336. The summed E-state index contributed by atoms with van der Waals surface area (Å²) in [5.41, 5.74) is -0.536. The zero-order valence-corrected chi connectivity index (χ0v) is 14.6. The van der Waals surface area contributed by atoms with Crippen LogP contribution in [0.5, 0.6) is 0 Å². The Hall–Kier alpha value is -0.810. The number of amides is 2. The third kappa shape index (κ3) is 4.58. The van der Waals surface area contributed by atoms with Crippen LogP contribution in [-0.4, -0.2) is 60.9 Å². The summed E-state index contributed by atoms with van der Waals surface area (Å²) in [5, 5.41) is 3.26. The summed E-state index contributed by atoms with van der Waals surface area (Å²) in [6.45, 7) is 12.2. The molecule has 0 saturated carbocycles. The SMILES string of the molecule is CCN(CC)C(=O)CC1(C(=O)N(CC)CC)CCNC1.Cl. The molecule has 1 unspecified atom stereocenters. The minimum absolute atomic E-state index is 0. The van der Waals surface area contributed by atoms with E-state index in [1.807, 2.05) is 37.5 Å². The normalized spacial score (nSPS) is 20.8. The van der Waals surface area contributed by atoms with Crippen LogP contribution in [0.15, 0.2) is 0 Å². The maximum Gasteiger partial charge on any atom is 0.230 e. The van der Waals surface area contributed by atoms with E-state index in [9.17, 15) is 9.59 Å². The number of hydrogen-bond donors (Lipinski definition) is 1. The molecule has 0 bridgehead atoms.